The number of halogens is 1. The van der Waals surface area contributed by atoms with Gasteiger partial charge in [-0.1, -0.05) is 22.0 Å². The first kappa shape index (κ1) is 11.4. The van der Waals surface area contributed by atoms with E-state index < -0.39 is 10.0 Å². The molecule has 84 valence electrons. The molecular weight excluding hydrogens is 298 g/mol. The van der Waals surface area contributed by atoms with Crippen molar-refractivity contribution >= 4 is 26.0 Å². The first-order chi connectivity index (χ1) is 7.54. The third kappa shape index (κ3) is 2.19. The Hall–Kier alpha value is -1.08. The lowest BCUT2D eigenvalue weighted by molar-refractivity contribution is 0.415. The van der Waals surface area contributed by atoms with Gasteiger partial charge in [0.1, 0.15) is 6.10 Å². The van der Waals surface area contributed by atoms with Gasteiger partial charge in [-0.2, -0.15) is 0 Å². The van der Waals surface area contributed by atoms with Crippen LogP contribution < -0.4 is 0 Å². The third-order valence-electron chi connectivity index (χ3n) is 2.09. The van der Waals surface area contributed by atoms with Gasteiger partial charge in [0.05, 0.1) is 11.5 Å². The lowest BCUT2D eigenvalue weighted by Gasteiger charge is -2.03. The van der Waals surface area contributed by atoms with Crippen LogP contribution >= 0.6 is 15.9 Å². The fourth-order valence-electron chi connectivity index (χ4n) is 1.25. The monoisotopic (exact) mass is 303 g/mol. The minimum Gasteiger partial charge on any atom is -0.368 e. The highest BCUT2D eigenvalue weighted by Gasteiger charge is 2.27. The van der Waals surface area contributed by atoms with E-state index >= 15 is 0 Å². The van der Waals surface area contributed by atoms with E-state index in [1.165, 1.54) is 12.1 Å². The summed E-state index contributed by atoms with van der Waals surface area (Å²) in [7, 11) is -3.92. The smallest absolute Gasteiger partial charge is 0.264 e. The third-order valence-corrected chi connectivity index (χ3v) is 3.92. The number of sulfonamides is 1. The van der Waals surface area contributed by atoms with Crippen molar-refractivity contribution in [1.82, 2.24) is 0 Å². The number of hydrogen-bond acceptors (Lipinski definition) is 3. The van der Waals surface area contributed by atoms with Crippen LogP contribution in [0.25, 0.3) is 10.4 Å². The Morgan fingerprint density at radius 2 is 2.25 bits per heavy atom. The zero-order chi connectivity index (χ0) is 11.8. The second-order valence-electron chi connectivity index (χ2n) is 3.15. The van der Waals surface area contributed by atoms with Crippen molar-refractivity contribution in [3.63, 3.8) is 0 Å². The minimum absolute atomic E-state index is 0.0330. The molecule has 1 aromatic carbocycles. The number of azide groups is 1. The lowest BCUT2D eigenvalue weighted by Crippen LogP contribution is -1.96. The molecule has 1 unspecified atom stereocenters. The van der Waals surface area contributed by atoms with Crippen molar-refractivity contribution in [3.8, 4) is 0 Å². The van der Waals surface area contributed by atoms with E-state index in [2.05, 4.69) is 25.4 Å². The van der Waals surface area contributed by atoms with Gasteiger partial charge < -0.3 is 4.74 Å². The predicted molar refractivity (Wildman–Crippen MR) is 59.2 cm³/mol. The van der Waals surface area contributed by atoms with Crippen LogP contribution in [-0.2, 0) is 14.8 Å². The summed E-state index contributed by atoms with van der Waals surface area (Å²) in [6.45, 7) is 0.640. The van der Waals surface area contributed by atoms with Crippen LogP contribution in [0.5, 0.6) is 0 Å². The summed E-state index contributed by atoms with van der Waals surface area (Å²) in [6.07, 6.45) is 0.0330. The van der Waals surface area contributed by atoms with E-state index in [0.29, 0.717) is 11.1 Å². The van der Waals surface area contributed by atoms with E-state index in [1.54, 1.807) is 6.07 Å². The molecule has 1 atom stereocenters. The second kappa shape index (κ2) is 4.06. The molecule has 1 aromatic rings. The van der Waals surface area contributed by atoms with E-state index in [0.717, 1.165) is 5.56 Å². The summed E-state index contributed by atoms with van der Waals surface area (Å²) in [6, 6.07) is 4.44. The van der Waals surface area contributed by atoms with Gasteiger partial charge in [-0.25, -0.2) is 8.42 Å². The zero-order valence-electron chi connectivity index (χ0n) is 7.87. The highest BCUT2D eigenvalue weighted by atomic mass is 79.9. The molecule has 0 spiro atoms. The minimum atomic E-state index is -3.92. The van der Waals surface area contributed by atoms with Crippen LogP contribution in [0.4, 0.5) is 0 Å². The maximum absolute atomic E-state index is 11.4. The largest absolute Gasteiger partial charge is 0.368 e. The Labute approximate surface area is 100 Å². The molecule has 0 saturated carbocycles. The molecule has 1 aliphatic rings. The maximum atomic E-state index is 11.4. The Morgan fingerprint density at radius 3 is 2.75 bits per heavy atom. The molecule has 2 rings (SSSR count). The summed E-state index contributed by atoms with van der Waals surface area (Å²) in [5, 5.41) is 0. The fourth-order valence-corrected chi connectivity index (χ4v) is 2.74. The Balaban J connectivity index is 2.45. The van der Waals surface area contributed by atoms with Crippen molar-refractivity contribution in [2.45, 2.75) is 11.0 Å². The van der Waals surface area contributed by atoms with E-state index in [4.69, 9.17) is 10.3 Å². The Morgan fingerprint density at radius 1 is 1.56 bits per heavy atom. The average Bonchev–Trinajstić information content (AvgIpc) is 3.01. The number of nitrogens with zero attached hydrogens (tertiary/aromatic N) is 3. The molecule has 1 fully saturated rings. The Bertz CT molecular complexity index is 576. The van der Waals surface area contributed by atoms with Crippen LogP contribution in [0.2, 0.25) is 0 Å². The lowest BCUT2D eigenvalue weighted by atomic mass is 10.2. The zero-order valence-corrected chi connectivity index (χ0v) is 10.3. The Kier molecular flexibility index (Phi) is 2.90. The molecule has 16 heavy (non-hydrogen) atoms. The van der Waals surface area contributed by atoms with Crippen molar-refractivity contribution in [2.24, 2.45) is 4.52 Å². The quantitative estimate of drug-likeness (QED) is 0.371. The van der Waals surface area contributed by atoms with E-state index in [1.807, 2.05) is 0 Å². The van der Waals surface area contributed by atoms with Crippen LogP contribution in [0, 0.1) is 0 Å². The fraction of sp³-hybridized carbons (Fsp3) is 0.250. The normalized spacial score (nSPS) is 18.9. The standard InChI is InChI=1S/C8H6BrN3O3S/c9-7-3-5(16(13,14)12-11-10)1-2-6(7)8-4-15-8/h1-3,8H,4H2. The molecule has 0 aromatic heterocycles. The first-order valence-electron chi connectivity index (χ1n) is 4.27. The van der Waals surface area contributed by atoms with Crippen molar-refractivity contribution in [1.29, 1.82) is 0 Å². The van der Waals surface area contributed by atoms with Gasteiger partial charge in [0.15, 0.2) is 0 Å². The molecule has 1 heterocycles. The number of epoxide rings is 1. The van der Waals surface area contributed by atoms with Crippen LogP contribution in [0.3, 0.4) is 0 Å². The summed E-state index contributed by atoms with van der Waals surface area (Å²) in [5.41, 5.74) is 9.02. The number of benzene rings is 1. The van der Waals surface area contributed by atoms with Gasteiger partial charge >= 0.3 is 0 Å². The number of rotatable bonds is 3. The topological polar surface area (TPSA) is 95.4 Å². The van der Waals surface area contributed by atoms with Gasteiger partial charge in [0.25, 0.3) is 10.0 Å². The second-order valence-corrected chi connectivity index (χ2v) is 5.59. The molecule has 0 bridgehead atoms. The average molecular weight is 304 g/mol. The molecule has 0 amide bonds. The van der Waals surface area contributed by atoms with Gasteiger partial charge in [-0.05, 0) is 23.2 Å². The molecule has 8 heteroatoms. The van der Waals surface area contributed by atoms with Crippen molar-refractivity contribution in [3.05, 3.63) is 38.7 Å². The molecule has 1 saturated heterocycles. The van der Waals surface area contributed by atoms with Crippen LogP contribution in [0.15, 0.2) is 32.1 Å². The van der Waals surface area contributed by atoms with Crippen LogP contribution in [0.1, 0.15) is 11.7 Å². The van der Waals surface area contributed by atoms with Crippen LogP contribution in [-0.4, -0.2) is 15.0 Å². The summed E-state index contributed by atoms with van der Waals surface area (Å²) in [4.78, 5) is 2.24. The molecule has 0 N–H and O–H groups in total. The first-order valence-corrected chi connectivity index (χ1v) is 6.50. The summed E-state index contributed by atoms with van der Waals surface area (Å²) >= 11 is 3.25. The maximum Gasteiger partial charge on any atom is 0.264 e. The number of ether oxygens (including phenoxy) is 1. The molecular formula is C8H6BrN3O3S. The molecule has 0 radical (unpaired) electrons. The molecule has 6 nitrogen and oxygen atoms in total. The van der Waals surface area contributed by atoms with Crippen molar-refractivity contribution < 1.29 is 13.2 Å². The highest BCUT2D eigenvalue weighted by Crippen LogP contribution is 2.36. The van der Waals surface area contributed by atoms with Gasteiger partial charge in [0.2, 0.25) is 0 Å². The summed E-state index contributed by atoms with van der Waals surface area (Å²) in [5.74, 6) is 0. The van der Waals surface area contributed by atoms with Crippen molar-refractivity contribution in [2.75, 3.05) is 6.61 Å². The van der Waals surface area contributed by atoms with Gasteiger partial charge in [0, 0.05) is 13.9 Å². The van der Waals surface area contributed by atoms with E-state index in [9.17, 15) is 8.42 Å². The molecule has 0 aliphatic carbocycles. The van der Waals surface area contributed by atoms with Gasteiger partial charge in [-0.15, -0.1) is 0 Å². The van der Waals surface area contributed by atoms with E-state index in [-0.39, 0.29) is 11.0 Å². The molecule has 1 aliphatic heterocycles. The SMILES string of the molecule is [N-]=[N+]=NS(=O)(=O)c1ccc(C2CO2)c(Br)c1. The highest BCUT2D eigenvalue weighted by molar-refractivity contribution is 9.10. The predicted octanol–water partition coefficient (Wildman–Crippen LogP) is 2.52. The summed E-state index contributed by atoms with van der Waals surface area (Å²) < 4.78 is 31.3. The number of hydrogen-bond donors (Lipinski definition) is 0. The van der Waals surface area contributed by atoms with Gasteiger partial charge in [-0.3, -0.25) is 0 Å².